The smallest absolute Gasteiger partial charge is 0.291 e. The molecule has 0 radical (unpaired) electrons. The fourth-order valence-corrected chi connectivity index (χ4v) is 3.22. The molecule has 0 spiro atoms. The predicted molar refractivity (Wildman–Crippen MR) is 114 cm³/mol. The molecule has 6 nitrogen and oxygen atoms in total. The van der Waals surface area contributed by atoms with Gasteiger partial charge in [-0.25, -0.2) is 9.37 Å². The van der Waals surface area contributed by atoms with E-state index in [2.05, 4.69) is 15.3 Å². The molecule has 3 heterocycles. The number of hydrogen-bond acceptors (Lipinski definition) is 5. The summed E-state index contributed by atoms with van der Waals surface area (Å²) in [4.78, 5) is 21.3. The van der Waals surface area contributed by atoms with Crippen LogP contribution in [0.25, 0.3) is 34.0 Å². The third-order valence-electron chi connectivity index (χ3n) is 4.84. The number of aromatic nitrogens is 2. The lowest BCUT2D eigenvalue weighted by Crippen LogP contribution is -2.11. The number of hydrogen-bond donors (Lipinski definition) is 1. The Bertz CT molecular complexity index is 1390. The zero-order valence-electron chi connectivity index (χ0n) is 16.4. The summed E-state index contributed by atoms with van der Waals surface area (Å²) >= 11 is 0. The summed E-state index contributed by atoms with van der Waals surface area (Å²) in [6.07, 6.45) is 1.65. The Kier molecular flexibility index (Phi) is 4.55. The van der Waals surface area contributed by atoms with E-state index in [0.717, 1.165) is 5.56 Å². The van der Waals surface area contributed by atoms with Crippen LogP contribution in [-0.4, -0.2) is 15.9 Å². The van der Waals surface area contributed by atoms with E-state index < -0.39 is 5.91 Å². The molecule has 0 atom stereocenters. The van der Waals surface area contributed by atoms with Crippen LogP contribution in [-0.2, 0) is 0 Å². The van der Waals surface area contributed by atoms with E-state index >= 15 is 0 Å². The summed E-state index contributed by atoms with van der Waals surface area (Å²) in [5, 5.41) is 2.85. The molecular weight excluding hydrogens is 397 g/mol. The van der Waals surface area contributed by atoms with Crippen LogP contribution < -0.4 is 5.32 Å². The van der Waals surface area contributed by atoms with Crippen molar-refractivity contribution >= 4 is 22.8 Å². The molecule has 0 aliphatic heterocycles. The largest absolute Gasteiger partial charge is 0.451 e. The zero-order valence-corrected chi connectivity index (χ0v) is 16.4. The van der Waals surface area contributed by atoms with Crippen LogP contribution in [0, 0.1) is 12.7 Å². The highest BCUT2D eigenvalue weighted by Gasteiger charge is 2.16. The fraction of sp³-hybridized carbons (Fsp3) is 0.0417. The highest BCUT2D eigenvalue weighted by atomic mass is 19.1. The van der Waals surface area contributed by atoms with Gasteiger partial charge in [0, 0.05) is 23.0 Å². The maximum absolute atomic E-state index is 13.5. The van der Waals surface area contributed by atoms with E-state index in [1.54, 1.807) is 48.7 Å². The van der Waals surface area contributed by atoms with Crippen molar-refractivity contribution in [3.63, 3.8) is 0 Å². The fourth-order valence-electron chi connectivity index (χ4n) is 3.22. The third kappa shape index (κ3) is 3.69. The number of aryl methyl sites for hydroxylation is 1. The normalized spacial score (nSPS) is 11.0. The molecular formula is C24H16FN3O3. The van der Waals surface area contributed by atoms with Gasteiger partial charge in [-0.1, -0.05) is 18.2 Å². The number of pyridine rings is 1. The number of fused-ring (bicyclic) bond motifs is 1. The molecule has 7 heteroatoms. The van der Waals surface area contributed by atoms with E-state index in [4.69, 9.17) is 8.83 Å². The number of oxazole rings is 1. The quantitative estimate of drug-likeness (QED) is 0.400. The summed E-state index contributed by atoms with van der Waals surface area (Å²) in [5.74, 6) is 0.156. The standard InChI is InChI=1S/C24H16FN3O3/c1-14-7-8-16(24-28-22-20(31-24)6-3-11-26-22)13-18(14)27-23(29)21-10-9-19(30-21)15-4-2-5-17(25)12-15/h2-13H,1H3,(H,27,29). The number of carbonyl (C=O) groups is 1. The van der Waals surface area contributed by atoms with E-state index in [0.29, 0.717) is 39.7 Å². The van der Waals surface area contributed by atoms with Gasteiger partial charge in [0.2, 0.25) is 5.89 Å². The van der Waals surface area contributed by atoms with Gasteiger partial charge in [0.1, 0.15) is 11.6 Å². The number of nitrogens with one attached hydrogen (secondary N) is 1. The first-order valence-corrected chi connectivity index (χ1v) is 9.56. The van der Waals surface area contributed by atoms with Gasteiger partial charge in [-0.05, 0) is 61.0 Å². The molecule has 3 aromatic heterocycles. The van der Waals surface area contributed by atoms with Crippen molar-refractivity contribution < 1.29 is 18.0 Å². The first-order valence-electron chi connectivity index (χ1n) is 9.56. The van der Waals surface area contributed by atoms with Crippen molar-refractivity contribution in [3.8, 4) is 22.8 Å². The van der Waals surface area contributed by atoms with Gasteiger partial charge in [0.15, 0.2) is 17.0 Å². The maximum atomic E-state index is 13.5. The van der Waals surface area contributed by atoms with Crippen LogP contribution in [0.4, 0.5) is 10.1 Å². The first-order chi connectivity index (χ1) is 15.1. The summed E-state index contributed by atoms with van der Waals surface area (Å²) < 4.78 is 24.9. The highest BCUT2D eigenvalue weighted by Crippen LogP contribution is 2.28. The molecule has 31 heavy (non-hydrogen) atoms. The number of amides is 1. The van der Waals surface area contributed by atoms with Crippen LogP contribution in [0.2, 0.25) is 0 Å². The minimum Gasteiger partial charge on any atom is -0.451 e. The van der Waals surface area contributed by atoms with E-state index in [-0.39, 0.29) is 11.6 Å². The molecule has 152 valence electrons. The summed E-state index contributed by atoms with van der Waals surface area (Å²) in [6, 6.07) is 18.3. The van der Waals surface area contributed by atoms with E-state index in [9.17, 15) is 9.18 Å². The molecule has 0 saturated heterocycles. The molecule has 0 fully saturated rings. The number of benzene rings is 2. The maximum Gasteiger partial charge on any atom is 0.291 e. The number of anilines is 1. The number of rotatable bonds is 4. The average Bonchev–Trinajstić information content (AvgIpc) is 3.43. The van der Waals surface area contributed by atoms with Crippen LogP contribution in [0.3, 0.4) is 0 Å². The molecule has 1 N–H and O–H groups in total. The van der Waals surface area contributed by atoms with Gasteiger partial charge >= 0.3 is 0 Å². The molecule has 2 aromatic carbocycles. The van der Waals surface area contributed by atoms with E-state index in [1.165, 1.54) is 12.1 Å². The molecule has 0 saturated carbocycles. The number of carbonyl (C=O) groups excluding carboxylic acids is 1. The lowest BCUT2D eigenvalue weighted by Gasteiger charge is -2.08. The van der Waals surface area contributed by atoms with Crippen molar-refractivity contribution in [2.75, 3.05) is 5.32 Å². The Morgan fingerprint density at radius 2 is 1.87 bits per heavy atom. The SMILES string of the molecule is Cc1ccc(-c2nc3ncccc3o2)cc1NC(=O)c1ccc(-c2cccc(F)c2)o1. The Labute approximate surface area is 176 Å². The molecule has 5 aromatic rings. The summed E-state index contributed by atoms with van der Waals surface area (Å²) in [5.41, 5.74) is 3.83. The number of furan rings is 1. The number of halogens is 1. The monoisotopic (exact) mass is 413 g/mol. The van der Waals surface area contributed by atoms with Gasteiger partial charge in [-0.3, -0.25) is 4.79 Å². The van der Waals surface area contributed by atoms with Crippen LogP contribution in [0.15, 0.2) is 81.8 Å². The topological polar surface area (TPSA) is 81.2 Å². The minimum atomic E-state index is -0.415. The Morgan fingerprint density at radius 3 is 2.71 bits per heavy atom. The van der Waals surface area contributed by atoms with Gasteiger partial charge in [-0.15, -0.1) is 0 Å². The molecule has 0 aliphatic carbocycles. The number of nitrogens with zero attached hydrogens (tertiary/aromatic N) is 2. The van der Waals surface area contributed by atoms with Crippen LogP contribution in [0.5, 0.6) is 0 Å². The Hall–Kier alpha value is -4.26. The molecule has 0 bridgehead atoms. The average molecular weight is 413 g/mol. The van der Waals surface area contributed by atoms with Gasteiger partial charge < -0.3 is 14.2 Å². The van der Waals surface area contributed by atoms with Gasteiger partial charge in [-0.2, -0.15) is 4.98 Å². The Balaban J connectivity index is 1.41. The van der Waals surface area contributed by atoms with Crippen molar-refractivity contribution in [3.05, 3.63) is 90.1 Å². The van der Waals surface area contributed by atoms with Gasteiger partial charge in [0.25, 0.3) is 5.91 Å². The molecule has 5 rings (SSSR count). The highest BCUT2D eigenvalue weighted by molar-refractivity contribution is 6.03. The molecule has 0 aliphatic rings. The second kappa shape index (κ2) is 7.53. The lowest BCUT2D eigenvalue weighted by molar-refractivity contribution is 0.0997. The molecule has 0 unspecified atom stereocenters. The lowest BCUT2D eigenvalue weighted by atomic mass is 10.1. The van der Waals surface area contributed by atoms with Crippen molar-refractivity contribution in [1.29, 1.82) is 0 Å². The van der Waals surface area contributed by atoms with Crippen molar-refractivity contribution in [2.24, 2.45) is 0 Å². The van der Waals surface area contributed by atoms with Gasteiger partial charge in [0.05, 0.1) is 0 Å². The predicted octanol–water partition coefficient (Wildman–Crippen LogP) is 5.85. The van der Waals surface area contributed by atoms with Crippen LogP contribution >= 0.6 is 0 Å². The second-order valence-corrected chi connectivity index (χ2v) is 7.00. The summed E-state index contributed by atoms with van der Waals surface area (Å²) in [6.45, 7) is 1.88. The summed E-state index contributed by atoms with van der Waals surface area (Å²) in [7, 11) is 0. The minimum absolute atomic E-state index is 0.120. The van der Waals surface area contributed by atoms with E-state index in [1.807, 2.05) is 19.1 Å². The zero-order chi connectivity index (χ0) is 21.4. The van der Waals surface area contributed by atoms with Crippen LogP contribution in [0.1, 0.15) is 16.1 Å². The van der Waals surface area contributed by atoms with Crippen molar-refractivity contribution in [1.82, 2.24) is 9.97 Å². The molecule has 1 amide bonds. The van der Waals surface area contributed by atoms with Crippen molar-refractivity contribution in [2.45, 2.75) is 6.92 Å². The Morgan fingerprint density at radius 1 is 0.968 bits per heavy atom. The first kappa shape index (κ1) is 18.7. The second-order valence-electron chi connectivity index (χ2n) is 7.00. The third-order valence-corrected chi connectivity index (χ3v) is 4.84.